The molecule has 1 amide bonds. The maximum atomic E-state index is 12.5. The Balaban J connectivity index is 1.80. The van der Waals surface area contributed by atoms with Gasteiger partial charge in [0.25, 0.3) is 5.91 Å². The third-order valence-corrected chi connectivity index (χ3v) is 4.28. The largest absolute Gasteiger partial charge is 0.381 e. The molecule has 2 aliphatic heterocycles. The topological polar surface area (TPSA) is 29.5 Å². The Labute approximate surface area is 108 Å². The molecule has 0 radical (unpaired) electrons. The predicted octanol–water partition coefficient (Wildman–Crippen LogP) is 2.47. The van der Waals surface area contributed by atoms with Crippen LogP contribution in [0.5, 0.6) is 0 Å². The molecule has 1 aromatic rings. The van der Waals surface area contributed by atoms with Gasteiger partial charge in [0.05, 0.1) is 6.10 Å². The minimum absolute atomic E-state index is 0.192. The number of carbonyl (C=O) groups is 1. The van der Waals surface area contributed by atoms with Crippen molar-refractivity contribution in [3.8, 4) is 0 Å². The lowest BCUT2D eigenvalue weighted by molar-refractivity contribution is 0.00822. The van der Waals surface area contributed by atoms with Crippen LogP contribution in [0.25, 0.3) is 0 Å². The first-order valence-corrected chi connectivity index (χ1v) is 6.70. The first-order valence-electron chi connectivity index (χ1n) is 6.70. The molecule has 0 spiro atoms. The maximum absolute atomic E-state index is 12.5. The van der Waals surface area contributed by atoms with Crippen LogP contribution in [0.3, 0.4) is 0 Å². The minimum atomic E-state index is 0.192. The summed E-state index contributed by atoms with van der Waals surface area (Å²) in [6.45, 7) is 0. The zero-order valence-corrected chi connectivity index (χ0v) is 10.7. The molecule has 0 aromatic heterocycles. The summed E-state index contributed by atoms with van der Waals surface area (Å²) in [6.07, 6.45) is 4.57. The Morgan fingerprint density at radius 3 is 2.33 bits per heavy atom. The molecule has 3 heteroatoms. The van der Waals surface area contributed by atoms with Crippen molar-refractivity contribution in [2.24, 2.45) is 0 Å². The van der Waals surface area contributed by atoms with Crippen molar-refractivity contribution in [3.05, 3.63) is 35.9 Å². The summed E-state index contributed by atoms with van der Waals surface area (Å²) < 4.78 is 5.47. The highest BCUT2D eigenvalue weighted by molar-refractivity contribution is 5.94. The second-order valence-corrected chi connectivity index (χ2v) is 5.29. The van der Waals surface area contributed by atoms with Gasteiger partial charge in [-0.05, 0) is 37.8 Å². The van der Waals surface area contributed by atoms with Crippen LogP contribution in [-0.2, 0) is 4.74 Å². The average Bonchev–Trinajstić information content (AvgIpc) is 2.69. The van der Waals surface area contributed by atoms with E-state index < -0.39 is 0 Å². The highest BCUT2D eigenvalue weighted by Gasteiger charge is 2.43. The summed E-state index contributed by atoms with van der Waals surface area (Å²) in [5.41, 5.74) is 0.810. The Hall–Kier alpha value is -1.35. The lowest BCUT2D eigenvalue weighted by Crippen LogP contribution is -2.48. The van der Waals surface area contributed by atoms with E-state index in [1.54, 1.807) is 7.11 Å². The zero-order valence-electron chi connectivity index (χ0n) is 10.7. The van der Waals surface area contributed by atoms with Crippen LogP contribution >= 0.6 is 0 Å². The van der Waals surface area contributed by atoms with Gasteiger partial charge in [0.1, 0.15) is 0 Å². The fourth-order valence-corrected chi connectivity index (χ4v) is 3.38. The van der Waals surface area contributed by atoms with E-state index >= 15 is 0 Å². The summed E-state index contributed by atoms with van der Waals surface area (Å²) in [5, 5.41) is 0. The zero-order chi connectivity index (χ0) is 12.5. The number of methoxy groups -OCH3 is 1. The molecule has 2 heterocycles. The Bertz CT molecular complexity index is 417. The molecule has 2 saturated heterocycles. The van der Waals surface area contributed by atoms with Crippen molar-refractivity contribution in [3.63, 3.8) is 0 Å². The van der Waals surface area contributed by atoms with Gasteiger partial charge in [0.2, 0.25) is 0 Å². The van der Waals surface area contributed by atoms with E-state index in [-0.39, 0.29) is 5.91 Å². The van der Waals surface area contributed by atoms with Crippen molar-refractivity contribution in [2.75, 3.05) is 7.11 Å². The standard InChI is InChI=1S/C15H19NO2/c1-18-14-9-12-7-8-13(10-14)16(12)15(17)11-5-3-2-4-6-11/h2-6,12-14H,7-10H2,1H3. The van der Waals surface area contributed by atoms with Crippen molar-refractivity contribution in [2.45, 2.75) is 43.9 Å². The van der Waals surface area contributed by atoms with Gasteiger partial charge in [-0.15, -0.1) is 0 Å². The number of nitrogens with zero attached hydrogens (tertiary/aromatic N) is 1. The van der Waals surface area contributed by atoms with Crippen molar-refractivity contribution < 1.29 is 9.53 Å². The van der Waals surface area contributed by atoms with Crippen LogP contribution in [0, 0.1) is 0 Å². The number of amides is 1. The van der Waals surface area contributed by atoms with Gasteiger partial charge < -0.3 is 9.64 Å². The van der Waals surface area contributed by atoms with E-state index in [2.05, 4.69) is 4.90 Å². The summed E-state index contributed by atoms with van der Waals surface area (Å²) in [4.78, 5) is 14.6. The molecule has 96 valence electrons. The molecule has 2 bridgehead atoms. The number of hydrogen-bond acceptors (Lipinski definition) is 2. The van der Waals surface area contributed by atoms with Crippen molar-refractivity contribution >= 4 is 5.91 Å². The second kappa shape index (κ2) is 4.73. The molecule has 2 fully saturated rings. The highest BCUT2D eigenvalue weighted by atomic mass is 16.5. The lowest BCUT2D eigenvalue weighted by Gasteiger charge is -2.38. The maximum Gasteiger partial charge on any atom is 0.254 e. The van der Waals surface area contributed by atoms with Crippen molar-refractivity contribution in [1.82, 2.24) is 4.90 Å². The smallest absolute Gasteiger partial charge is 0.254 e. The van der Waals surface area contributed by atoms with Crippen LogP contribution in [0.1, 0.15) is 36.0 Å². The predicted molar refractivity (Wildman–Crippen MR) is 69.5 cm³/mol. The number of ether oxygens (including phenoxy) is 1. The van der Waals surface area contributed by atoms with E-state index in [9.17, 15) is 4.79 Å². The Morgan fingerprint density at radius 1 is 1.17 bits per heavy atom. The quantitative estimate of drug-likeness (QED) is 0.801. The monoisotopic (exact) mass is 245 g/mol. The lowest BCUT2D eigenvalue weighted by atomic mass is 9.98. The van der Waals surface area contributed by atoms with Gasteiger partial charge in [-0.2, -0.15) is 0 Å². The van der Waals surface area contributed by atoms with E-state index in [1.807, 2.05) is 30.3 Å². The van der Waals surface area contributed by atoms with Crippen LogP contribution in [-0.4, -0.2) is 36.1 Å². The van der Waals surface area contributed by atoms with Gasteiger partial charge in [0, 0.05) is 24.8 Å². The molecule has 3 rings (SSSR count). The molecule has 2 atom stereocenters. The highest BCUT2D eigenvalue weighted by Crippen LogP contribution is 2.37. The molecular weight excluding hydrogens is 226 g/mol. The SMILES string of the molecule is COC1CC2CCC(C1)N2C(=O)c1ccccc1. The van der Waals surface area contributed by atoms with Crippen LogP contribution in [0.4, 0.5) is 0 Å². The molecule has 1 aromatic carbocycles. The van der Waals surface area contributed by atoms with Gasteiger partial charge in [0.15, 0.2) is 0 Å². The molecular formula is C15H19NO2. The number of piperidine rings is 1. The van der Waals surface area contributed by atoms with Gasteiger partial charge in [-0.25, -0.2) is 0 Å². The Kier molecular flexibility index (Phi) is 3.08. The second-order valence-electron chi connectivity index (χ2n) is 5.29. The molecule has 2 unspecified atom stereocenters. The fourth-order valence-electron chi connectivity index (χ4n) is 3.38. The minimum Gasteiger partial charge on any atom is -0.381 e. The summed E-state index contributed by atoms with van der Waals surface area (Å²) in [5.74, 6) is 0.192. The van der Waals surface area contributed by atoms with E-state index in [1.165, 1.54) is 0 Å². The van der Waals surface area contributed by atoms with Crippen LogP contribution < -0.4 is 0 Å². The van der Waals surface area contributed by atoms with E-state index in [0.717, 1.165) is 31.2 Å². The Morgan fingerprint density at radius 2 is 1.78 bits per heavy atom. The third-order valence-electron chi connectivity index (χ3n) is 4.28. The van der Waals surface area contributed by atoms with E-state index in [4.69, 9.17) is 4.74 Å². The molecule has 0 aliphatic carbocycles. The molecule has 0 saturated carbocycles. The number of hydrogen-bond donors (Lipinski definition) is 0. The fraction of sp³-hybridized carbons (Fsp3) is 0.533. The molecule has 0 N–H and O–H groups in total. The van der Waals surface area contributed by atoms with Gasteiger partial charge in [-0.3, -0.25) is 4.79 Å². The average molecular weight is 245 g/mol. The van der Waals surface area contributed by atoms with E-state index in [0.29, 0.717) is 18.2 Å². The summed E-state index contributed by atoms with van der Waals surface area (Å²) >= 11 is 0. The number of fused-ring (bicyclic) bond motifs is 2. The molecule has 3 nitrogen and oxygen atoms in total. The number of benzene rings is 1. The van der Waals surface area contributed by atoms with Gasteiger partial charge in [-0.1, -0.05) is 18.2 Å². The first kappa shape index (κ1) is 11.7. The molecule has 2 aliphatic rings. The normalized spacial score (nSPS) is 30.5. The van der Waals surface area contributed by atoms with Gasteiger partial charge >= 0.3 is 0 Å². The first-order chi connectivity index (χ1) is 8.79. The third kappa shape index (κ3) is 1.93. The molecule has 18 heavy (non-hydrogen) atoms. The summed E-state index contributed by atoms with van der Waals surface area (Å²) in [6, 6.07) is 10.4. The number of rotatable bonds is 2. The van der Waals surface area contributed by atoms with Crippen molar-refractivity contribution in [1.29, 1.82) is 0 Å². The number of carbonyl (C=O) groups excluding carboxylic acids is 1. The summed E-state index contributed by atoms with van der Waals surface area (Å²) in [7, 11) is 1.78. The van der Waals surface area contributed by atoms with Crippen LogP contribution in [0.15, 0.2) is 30.3 Å². The van der Waals surface area contributed by atoms with Crippen LogP contribution in [0.2, 0.25) is 0 Å².